The molecule has 16 rings (SSSR count). The largest absolute Gasteiger partial charge is 0.573 e. The molecule has 146 heavy (non-hydrogen) atoms. The molecule has 5 aromatic heterocycles. The highest BCUT2D eigenvalue weighted by Crippen LogP contribution is 2.49. The van der Waals surface area contributed by atoms with E-state index in [9.17, 15) is 87.8 Å². The first-order valence-electron chi connectivity index (χ1n) is 44.8. The minimum absolute atomic E-state index is 0.0163. The highest BCUT2D eigenvalue weighted by molar-refractivity contribution is 6.37. The van der Waals surface area contributed by atoms with Crippen molar-refractivity contribution in [2.24, 2.45) is 5.73 Å². The highest BCUT2D eigenvalue weighted by Gasteiger charge is 2.55. The number of H-pyrrole nitrogens is 2. The van der Waals surface area contributed by atoms with E-state index in [1.807, 2.05) is 0 Å². The number of aromatic carboxylic acids is 1. The number of carbonyl (C=O) groups is 9. The van der Waals surface area contributed by atoms with Crippen molar-refractivity contribution >= 4 is 158 Å². The van der Waals surface area contributed by atoms with E-state index in [1.165, 1.54) is 158 Å². The standard InChI is InChI=1S/C28H24Cl2F3N9O4.C27H25Cl2F3N4O5.C21H14Cl2F3N3O4.C6H13NO2.C6H15N.C5H9N5/c1-27(11-15-2-4-20(5-3-15)46-28(31,32)33)25(45)41(19-9-17(29)8-18(30)10-19)26-35-12-21(42(26)27)24(44)34-13-22(43)40-7-6-16(14-40)23-36-38-39-37-23;1-25(2,3)41-21(37)14-33-22(38)20-13-34-24-35(18-10-16(28)9-17(29)11-18)23(39)26(4,36(20)24)12-15-5-7-19(8-6-15)40-27(30,31)32;1-20(9-11-2-4-15(5-3-11)33-21(24,25)26)18(32)28(14-7-12(22)6-13(23)8-14)19-27-10-16(17(30)31)29(19)20;1-6(2,3)9-5(8)4-7;1-4-7(5-2)6-3;1-2-6-3-4(1)5-7-9-10-8-5/h2-5,8-10,12,16H,6-7,11,13-14H2,1H3,(H,34,44)(H,36,37,38,39);5-11,13H,12,14H2,1-4H3,(H,33,38);2-8,10H,9H2,1H3,(H,30,31);4,7H2,1-3H3;4-6H2,1-3H3;4,6H,1-3H2,(H,7,8,9,10)/t16-,27-;26-;20-;;;4-/m111..1/s1. The third kappa shape index (κ3) is 28.9. The lowest BCUT2D eigenvalue weighted by Gasteiger charge is -2.26. The number of carboxylic acid groups (broad SMARTS) is 1. The summed E-state index contributed by atoms with van der Waals surface area (Å²) in [5.74, 6) is -4.85. The third-order valence-corrected chi connectivity index (χ3v) is 23.9. The molecular weight excluding hydrogens is 2060 g/mol. The van der Waals surface area contributed by atoms with Crippen LogP contribution in [0.25, 0.3) is 0 Å². The average molecular weight is 2160 g/mol. The fourth-order valence-electron chi connectivity index (χ4n) is 16.3. The molecule has 8 N–H and O–H groups in total. The lowest BCUT2D eigenvalue weighted by molar-refractivity contribution is -0.275. The van der Waals surface area contributed by atoms with Crippen LogP contribution in [-0.2, 0) is 74.1 Å². The van der Waals surface area contributed by atoms with E-state index in [4.69, 9.17) is 84.8 Å². The molecule has 5 aliphatic rings. The van der Waals surface area contributed by atoms with Crippen molar-refractivity contribution in [3.05, 3.63) is 222 Å². The first kappa shape index (κ1) is 113. The van der Waals surface area contributed by atoms with Gasteiger partial charge in [0.15, 0.2) is 11.6 Å². The lowest BCUT2D eigenvalue weighted by Crippen LogP contribution is -2.44. The maximum absolute atomic E-state index is 14.2. The Kier molecular flexibility index (Phi) is 36.4. The summed E-state index contributed by atoms with van der Waals surface area (Å²) in [6.45, 7) is 27.3. The smallest absolute Gasteiger partial charge is 0.477 e. The van der Waals surface area contributed by atoms with E-state index >= 15 is 0 Å². The van der Waals surface area contributed by atoms with Crippen molar-refractivity contribution in [1.29, 1.82) is 0 Å². The number of tetrazole rings is 2. The number of imidazole rings is 3. The number of fused-ring (bicyclic) bond motifs is 3. The Hall–Kier alpha value is -13.3. The average Bonchev–Trinajstić information content (AvgIpc) is 1.56. The number of aromatic amines is 2. The maximum atomic E-state index is 14.2. The predicted molar refractivity (Wildman–Crippen MR) is 517 cm³/mol. The Labute approximate surface area is 858 Å². The van der Waals surface area contributed by atoms with Crippen LogP contribution >= 0.6 is 69.6 Å². The van der Waals surface area contributed by atoms with E-state index < -0.39 is 112 Å². The molecule has 0 aliphatic carbocycles. The fourth-order valence-corrected chi connectivity index (χ4v) is 17.8. The Morgan fingerprint density at radius 1 is 0.479 bits per heavy atom. The zero-order valence-corrected chi connectivity index (χ0v) is 84.7. The van der Waals surface area contributed by atoms with E-state index in [0.717, 1.165) is 67.9 Å². The van der Waals surface area contributed by atoms with Crippen molar-refractivity contribution in [3.63, 3.8) is 0 Å². The number of esters is 2. The molecule has 53 heteroatoms. The predicted octanol–water partition coefficient (Wildman–Crippen LogP) is 16.1. The zero-order valence-electron chi connectivity index (χ0n) is 80.1. The molecule has 0 spiro atoms. The van der Waals surface area contributed by atoms with Crippen LogP contribution in [0.2, 0.25) is 30.1 Å². The number of aromatic nitrogens is 14. The minimum Gasteiger partial charge on any atom is -0.477 e. The van der Waals surface area contributed by atoms with Crippen LogP contribution in [0.5, 0.6) is 17.2 Å². The van der Waals surface area contributed by atoms with Crippen LogP contribution in [0.4, 0.5) is 74.4 Å². The number of rotatable bonds is 25. The number of hydrogen-bond donors (Lipinski definition) is 7. The number of benzene rings is 6. The van der Waals surface area contributed by atoms with Crippen LogP contribution in [0, 0.1) is 0 Å². The monoisotopic (exact) mass is 2160 g/mol. The molecule has 0 unspecified atom stereocenters. The van der Waals surface area contributed by atoms with Crippen LogP contribution in [0.15, 0.2) is 146 Å². The summed E-state index contributed by atoms with van der Waals surface area (Å²) in [5, 5.41) is 47.2. The summed E-state index contributed by atoms with van der Waals surface area (Å²) in [5.41, 5.74) is 1.42. The zero-order chi connectivity index (χ0) is 107. The van der Waals surface area contributed by atoms with Crippen LogP contribution in [-0.4, -0.2) is 234 Å². The van der Waals surface area contributed by atoms with Gasteiger partial charge in [-0.25, -0.2) is 34.4 Å². The Morgan fingerprint density at radius 2 is 0.808 bits per heavy atom. The molecule has 11 aromatic rings. The lowest BCUT2D eigenvalue weighted by atomic mass is 9.91. The van der Waals surface area contributed by atoms with Gasteiger partial charge in [-0.2, -0.15) is 10.4 Å². The number of ether oxygens (including phenoxy) is 5. The Balaban J connectivity index is 0.000000186. The molecule has 782 valence electrons. The van der Waals surface area contributed by atoms with E-state index in [0.29, 0.717) is 59.3 Å². The van der Waals surface area contributed by atoms with Crippen LogP contribution in [0.1, 0.15) is 168 Å². The molecule has 5 atom stereocenters. The molecule has 0 saturated carbocycles. The van der Waals surface area contributed by atoms with Gasteiger partial charge in [0.25, 0.3) is 29.5 Å². The summed E-state index contributed by atoms with van der Waals surface area (Å²) in [6, 6.07) is 28.5. The quantitative estimate of drug-likeness (QED) is 0.0206. The molecule has 0 radical (unpaired) electrons. The SMILES string of the molecule is C1C[C@@H](c2nn[nH]n2)CN1.CC(C)(C)OC(=O)CN.CC(C)(C)OC(=O)CNC(=O)c1cnc2n1[C@](C)(Cc1ccc(OC(F)(F)F)cc1)C(=O)N2c1cc(Cl)cc(Cl)c1.CCN(CC)CC.C[C@@]1(Cc2ccc(OC(F)(F)F)cc2)C(=O)N(c2cc(Cl)cc(Cl)c2)c2ncc(C(=O)NCC(=O)N3CC[C@@H](c4nn[nH]n4)C3)n21.C[C@@]1(Cc2ccc(OC(F)(F)F)cc2)C(=O)N(c2cc(Cl)cc(Cl)c2)c2ncc(C(=O)O)n21. The first-order chi connectivity index (χ1) is 68.4. The number of carbonyl (C=O) groups excluding carboxylic acids is 8. The van der Waals surface area contributed by atoms with Gasteiger partial charge in [0, 0.05) is 80.9 Å². The molecule has 5 aliphatic heterocycles. The molecule has 2 fully saturated rings. The van der Waals surface area contributed by atoms with Crippen LogP contribution < -0.4 is 50.6 Å². The molecule has 10 heterocycles. The molecule has 38 nitrogen and oxygen atoms in total. The van der Waals surface area contributed by atoms with Crippen molar-refractivity contribution in [1.82, 2.24) is 95.7 Å². The van der Waals surface area contributed by atoms with Crippen molar-refractivity contribution in [3.8, 4) is 17.2 Å². The number of alkyl halides is 9. The van der Waals surface area contributed by atoms with E-state index in [1.54, 1.807) is 60.3 Å². The molecule has 2 saturated heterocycles. The normalized spacial score (nSPS) is 17.8. The third-order valence-electron chi connectivity index (χ3n) is 22.6. The first-order valence-corrected chi connectivity index (χ1v) is 47.0. The second-order valence-electron chi connectivity index (χ2n) is 35.8. The molecule has 6 aromatic carbocycles. The van der Waals surface area contributed by atoms with E-state index in [2.05, 4.69) is 112 Å². The topological polar surface area (TPSA) is 461 Å². The van der Waals surface area contributed by atoms with Crippen molar-refractivity contribution in [2.75, 3.05) is 80.1 Å². The number of hydrogen-bond acceptors (Lipinski definition) is 26. The van der Waals surface area contributed by atoms with Gasteiger partial charge < -0.3 is 60.3 Å². The summed E-state index contributed by atoms with van der Waals surface area (Å²) in [6.07, 6.45) is -9.26. The second-order valence-corrected chi connectivity index (χ2v) is 38.4. The van der Waals surface area contributed by atoms with Gasteiger partial charge in [-0.3, -0.25) is 52.1 Å². The summed E-state index contributed by atoms with van der Waals surface area (Å²) in [7, 11) is 0. The number of halogens is 15. The Bertz CT molecular complexity index is 6420. The Morgan fingerprint density at radius 3 is 1.10 bits per heavy atom. The van der Waals surface area contributed by atoms with Crippen LogP contribution in [0.3, 0.4) is 0 Å². The number of nitrogens with one attached hydrogen (secondary N) is 5. The van der Waals surface area contributed by atoms with Crippen molar-refractivity contribution < 1.29 is 111 Å². The number of nitrogens with zero attached hydrogens (tertiary/aromatic N) is 17. The second kappa shape index (κ2) is 47.0. The molecule has 0 bridgehead atoms. The minimum atomic E-state index is -4.87. The van der Waals surface area contributed by atoms with Gasteiger partial charge in [0.1, 0.15) is 68.7 Å². The van der Waals surface area contributed by atoms with Gasteiger partial charge in [0.2, 0.25) is 23.8 Å². The number of nitrogens with two attached hydrogens (primary N) is 1. The molecular formula is C93H100Cl6F9N23O15. The number of amides is 6. The van der Waals surface area contributed by atoms with E-state index in [-0.39, 0.29) is 121 Å². The number of likely N-dealkylation sites (tertiary alicyclic amines) is 1. The van der Waals surface area contributed by atoms with Gasteiger partial charge in [0.05, 0.1) is 48.7 Å². The highest BCUT2D eigenvalue weighted by atomic mass is 35.5. The number of carboxylic acids is 1. The summed E-state index contributed by atoms with van der Waals surface area (Å²) < 4.78 is 139. The maximum Gasteiger partial charge on any atom is 0.573 e. The summed E-state index contributed by atoms with van der Waals surface area (Å²) >= 11 is 37.0. The van der Waals surface area contributed by atoms with Gasteiger partial charge in [-0.1, -0.05) is 137 Å². The van der Waals surface area contributed by atoms with Gasteiger partial charge >= 0.3 is 37.0 Å². The fraction of sp³-hybridized carbons (Fsp3) is 0.398. The van der Waals surface area contributed by atoms with Gasteiger partial charge in [-0.15, -0.1) is 59.9 Å². The van der Waals surface area contributed by atoms with Gasteiger partial charge in [-0.05, 0) is 209 Å². The van der Waals surface area contributed by atoms with Crippen molar-refractivity contribution in [2.45, 2.75) is 174 Å². The summed E-state index contributed by atoms with van der Waals surface area (Å²) in [4.78, 5) is 137. The molecule has 6 amide bonds. The number of anilines is 6.